The van der Waals surface area contributed by atoms with Gasteiger partial charge in [-0.3, -0.25) is 0 Å². The van der Waals surface area contributed by atoms with Crippen molar-refractivity contribution in [3.05, 3.63) is 54.1 Å². The van der Waals surface area contributed by atoms with Crippen LogP contribution in [0.1, 0.15) is 56.3 Å². The fourth-order valence-electron chi connectivity index (χ4n) is 3.87. The summed E-state index contributed by atoms with van der Waals surface area (Å²) in [4.78, 5) is 7.49. The predicted molar refractivity (Wildman–Crippen MR) is 96.9 cm³/mol. The second-order valence-electron chi connectivity index (χ2n) is 6.89. The van der Waals surface area contributed by atoms with Crippen LogP contribution in [0.15, 0.2) is 42.9 Å². The summed E-state index contributed by atoms with van der Waals surface area (Å²) in [5.74, 6) is 0. The number of aromatic amines is 1. The van der Waals surface area contributed by atoms with Crippen molar-refractivity contribution in [1.82, 2.24) is 15.3 Å². The number of hydrogen-bond donors (Lipinski definition) is 2. The van der Waals surface area contributed by atoms with Gasteiger partial charge in [0.15, 0.2) is 0 Å². The first kappa shape index (κ1) is 17.2. The Morgan fingerprint density at radius 2 is 2.04 bits per heavy atom. The SMILES string of the molecule is CCOCCC1(CNC(c2ccccc2)c2cnc[nH]2)CCCC1. The van der Waals surface area contributed by atoms with Gasteiger partial charge in [0, 0.05) is 26.0 Å². The van der Waals surface area contributed by atoms with Crippen LogP contribution in [0.3, 0.4) is 0 Å². The van der Waals surface area contributed by atoms with Crippen LogP contribution in [-0.4, -0.2) is 29.7 Å². The molecule has 130 valence electrons. The molecule has 0 amide bonds. The molecular formula is C20H29N3O. The summed E-state index contributed by atoms with van der Waals surface area (Å²) in [5, 5.41) is 3.82. The van der Waals surface area contributed by atoms with E-state index >= 15 is 0 Å². The van der Waals surface area contributed by atoms with Crippen LogP contribution in [-0.2, 0) is 4.74 Å². The molecule has 1 aliphatic rings. The molecule has 2 N–H and O–H groups in total. The summed E-state index contributed by atoms with van der Waals surface area (Å²) in [6.45, 7) is 4.78. The number of imidazole rings is 1. The lowest BCUT2D eigenvalue weighted by atomic mass is 9.82. The third-order valence-electron chi connectivity index (χ3n) is 5.29. The molecule has 24 heavy (non-hydrogen) atoms. The monoisotopic (exact) mass is 327 g/mol. The van der Waals surface area contributed by atoms with Gasteiger partial charge in [-0.2, -0.15) is 0 Å². The first-order valence-electron chi connectivity index (χ1n) is 9.17. The van der Waals surface area contributed by atoms with Crippen LogP contribution in [0.2, 0.25) is 0 Å². The molecule has 0 saturated heterocycles. The van der Waals surface area contributed by atoms with Crippen molar-refractivity contribution in [3.8, 4) is 0 Å². The number of ether oxygens (including phenoxy) is 1. The topological polar surface area (TPSA) is 49.9 Å². The maximum Gasteiger partial charge on any atom is 0.0922 e. The highest BCUT2D eigenvalue weighted by molar-refractivity contribution is 5.26. The molecular weight excluding hydrogens is 298 g/mol. The molecule has 1 aromatic carbocycles. The van der Waals surface area contributed by atoms with E-state index in [1.807, 2.05) is 6.20 Å². The number of nitrogens with zero attached hydrogens (tertiary/aromatic N) is 1. The lowest BCUT2D eigenvalue weighted by Crippen LogP contribution is -2.36. The van der Waals surface area contributed by atoms with Crippen LogP contribution in [0, 0.1) is 5.41 Å². The van der Waals surface area contributed by atoms with E-state index in [0.29, 0.717) is 5.41 Å². The van der Waals surface area contributed by atoms with E-state index < -0.39 is 0 Å². The predicted octanol–water partition coefficient (Wildman–Crippen LogP) is 4.08. The van der Waals surface area contributed by atoms with Crippen LogP contribution in [0.5, 0.6) is 0 Å². The van der Waals surface area contributed by atoms with E-state index in [9.17, 15) is 0 Å². The Morgan fingerprint density at radius 3 is 2.71 bits per heavy atom. The number of aromatic nitrogens is 2. The third kappa shape index (κ3) is 4.25. The van der Waals surface area contributed by atoms with E-state index in [-0.39, 0.29) is 6.04 Å². The summed E-state index contributed by atoms with van der Waals surface area (Å²) < 4.78 is 5.64. The number of benzene rings is 1. The van der Waals surface area contributed by atoms with E-state index in [0.717, 1.165) is 31.9 Å². The minimum atomic E-state index is 0.165. The third-order valence-corrected chi connectivity index (χ3v) is 5.29. The van der Waals surface area contributed by atoms with Gasteiger partial charge in [-0.1, -0.05) is 43.2 Å². The van der Waals surface area contributed by atoms with E-state index in [1.165, 1.54) is 31.2 Å². The first-order valence-corrected chi connectivity index (χ1v) is 9.17. The first-order chi connectivity index (χ1) is 11.8. The summed E-state index contributed by atoms with van der Waals surface area (Å²) in [6, 6.07) is 10.8. The average molecular weight is 327 g/mol. The molecule has 1 unspecified atom stereocenters. The second-order valence-corrected chi connectivity index (χ2v) is 6.89. The highest BCUT2D eigenvalue weighted by atomic mass is 16.5. The Balaban J connectivity index is 1.70. The minimum Gasteiger partial charge on any atom is -0.382 e. The molecule has 1 atom stereocenters. The number of nitrogens with one attached hydrogen (secondary N) is 2. The van der Waals surface area contributed by atoms with Crippen molar-refractivity contribution in [3.63, 3.8) is 0 Å². The van der Waals surface area contributed by atoms with Crippen LogP contribution in [0.4, 0.5) is 0 Å². The Hall–Kier alpha value is -1.65. The summed E-state index contributed by atoms with van der Waals surface area (Å²) in [6.07, 6.45) is 10.1. The number of rotatable bonds is 9. The fourth-order valence-corrected chi connectivity index (χ4v) is 3.87. The molecule has 1 heterocycles. The largest absolute Gasteiger partial charge is 0.382 e. The molecule has 4 nitrogen and oxygen atoms in total. The molecule has 1 aliphatic carbocycles. The molecule has 0 radical (unpaired) electrons. The van der Waals surface area contributed by atoms with Crippen molar-refractivity contribution in [2.75, 3.05) is 19.8 Å². The van der Waals surface area contributed by atoms with Gasteiger partial charge in [0.05, 0.1) is 18.1 Å². The molecule has 1 fully saturated rings. The standard InChI is InChI=1S/C20H29N3O/c1-2-24-13-12-20(10-6-7-11-20)15-22-19(18-14-21-16-23-18)17-8-4-3-5-9-17/h3-5,8-9,14,16,19,22H,2,6-7,10-13,15H2,1H3,(H,21,23). The smallest absolute Gasteiger partial charge is 0.0922 e. The Labute approximate surface area is 145 Å². The lowest BCUT2D eigenvalue weighted by Gasteiger charge is -2.31. The highest BCUT2D eigenvalue weighted by Crippen LogP contribution is 2.41. The zero-order valence-corrected chi connectivity index (χ0v) is 14.6. The van der Waals surface area contributed by atoms with Gasteiger partial charge in [-0.25, -0.2) is 4.98 Å². The van der Waals surface area contributed by atoms with Crippen molar-refractivity contribution >= 4 is 0 Å². The zero-order chi connectivity index (χ0) is 16.7. The molecule has 0 spiro atoms. The maximum atomic E-state index is 5.64. The van der Waals surface area contributed by atoms with Gasteiger partial charge >= 0.3 is 0 Å². The fraction of sp³-hybridized carbons (Fsp3) is 0.550. The van der Waals surface area contributed by atoms with Gasteiger partial charge in [0.2, 0.25) is 0 Å². The maximum absolute atomic E-state index is 5.64. The van der Waals surface area contributed by atoms with Gasteiger partial charge in [-0.15, -0.1) is 0 Å². The molecule has 1 saturated carbocycles. The van der Waals surface area contributed by atoms with E-state index in [2.05, 4.69) is 52.5 Å². The van der Waals surface area contributed by atoms with E-state index in [1.54, 1.807) is 6.33 Å². The molecule has 3 rings (SSSR count). The van der Waals surface area contributed by atoms with Crippen LogP contribution < -0.4 is 5.32 Å². The molecule has 4 heteroatoms. The number of hydrogen-bond acceptors (Lipinski definition) is 3. The number of H-pyrrole nitrogens is 1. The summed E-state index contributed by atoms with van der Waals surface area (Å²) >= 11 is 0. The van der Waals surface area contributed by atoms with Gasteiger partial charge in [0.1, 0.15) is 0 Å². The summed E-state index contributed by atoms with van der Waals surface area (Å²) in [5.41, 5.74) is 2.78. The minimum absolute atomic E-state index is 0.165. The van der Waals surface area contributed by atoms with Gasteiger partial charge in [0.25, 0.3) is 0 Å². The molecule has 2 aromatic rings. The van der Waals surface area contributed by atoms with Crippen LogP contribution in [0.25, 0.3) is 0 Å². The van der Waals surface area contributed by atoms with Crippen molar-refractivity contribution in [2.45, 2.75) is 45.1 Å². The van der Waals surface area contributed by atoms with Crippen LogP contribution >= 0.6 is 0 Å². The van der Waals surface area contributed by atoms with Gasteiger partial charge in [-0.05, 0) is 37.2 Å². The Bertz CT molecular complexity index is 576. The highest BCUT2D eigenvalue weighted by Gasteiger charge is 2.34. The average Bonchev–Trinajstić information content (AvgIpc) is 3.29. The molecule has 1 aromatic heterocycles. The quantitative estimate of drug-likeness (QED) is 0.682. The molecule has 0 aliphatic heterocycles. The van der Waals surface area contributed by atoms with Gasteiger partial charge < -0.3 is 15.0 Å². The normalized spacial score (nSPS) is 17.9. The van der Waals surface area contributed by atoms with Crippen molar-refractivity contribution in [2.24, 2.45) is 5.41 Å². The van der Waals surface area contributed by atoms with Crippen molar-refractivity contribution < 1.29 is 4.74 Å². The Kier molecular flexibility index (Phi) is 6.05. The summed E-state index contributed by atoms with van der Waals surface area (Å²) in [7, 11) is 0. The lowest BCUT2D eigenvalue weighted by molar-refractivity contribution is 0.102. The van der Waals surface area contributed by atoms with E-state index in [4.69, 9.17) is 4.74 Å². The second kappa shape index (κ2) is 8.45. The molecule has 0 bridgehead atoms. The Morgan fingerprint density at radius 1 is 1.25 bits per heavy atom. The van der Waals surface area contributed by atoms with Crippen molar-refractivity contribution in [1.29, 1.82) is 0 Å². The zero-order valence-electron chi connectivity index (χ0n) is 14.6.